The first-order chi connectivity index (χ1) is 11.5. The smallest absolute Gasteiger partial charge is 0.191 e. The summed E-state index contributed by atoms with van der Waals surface area (Å²) in [5.74, 6) is 1.54. The second kappa shape index (κ2) is 9.52. The van der Waals surface area contributed by atoms with Gasteiger partial charge in [0, 0.05) is 24.4 Å². The van der Waals surface area contributed by atoms with Crippen LogP contribution < -0.4 is 10.6 Å². The molecule has 0 fully saturated rings. The number of aliphatic hydroxyl groups is 1. The Bertz CT molecular complexity index is 667. The molecule has 2 rings (SSSR count). The lowest BCUT2D eigenvalue weighted by Gasteiger charge is -2.13. The Morgan fingerprint density at radius 3 is 2.88 bits per heavy atom. The molecule has 0 bridgehead atoms. The highest BCUT2D eigenvalue weighted by Gasteiger charge is 2.10. The molecule has 0 spiro atoms. The highest BCUT2D eigenvalue weighted by atomic mass is 35.5. The van der Waals surface area contributed by atoms with Gasteiger partial charge >= 0.3 is 0 Å². The number of nitrogens with zero attached hydrogens (tertiary/aromatic N) is 1. The summed E-state index contributed by atoms with van der Waals surface area (Å²) in [5.41, 5.74) is 1.00. The number of thiophene rings is 1. The summed E-state index contributed by atoms with van der Waals surface area (Å²) in [6.07, 6.45) is 1.74. The van der Waals surface area contributed by atoms with E-state index in [2.05, 4.69) is 22.2 Å². The van der Waals surface area contributed by atoms with Crippen molar-refractivity contribution in [2.75, 3.05) is 19.6 Å². The maximum absolute atomic E-state index is 10.2. The van der Waals surface area contributed by atoms with E-state index in [1.165, 1.54) is 11.3 Å². The Labute approximate surface area is 151 Å². The van der Waals surface area contributed by atoms with Gasteiger partial charge in [0.25, 0.3) is 0 Å². The zero-order chi connectivity index (χ0) is 17.4. The Balaban J connectivity index is 1.89. The minimum atomic E-state index is -0.670. The summed E-state index contributed by atoms with van der Waals surface area (Å²) >= 11 is 7.26. The maximum atomic E-state index is 10.2. The normalized spacial score (nSPS) is 12.9. The molecule has 1 atom stereocenters. The number of hydrogen-bond donors (Lipinski definition) is 3. The number of halogens is 1. The van der Waals surface area contributed by atoms with Gasteiger partial charge in [-0.2, -0.15) is 0 Å². The molecular formula is C17H22ClN3O2S. The van der Waals surface area contributed by atoms with Crippen LogP contribution in [0.2, 0.25) is 4.34 Å². The molecule has 1 unspecified atom stereocenters. The van der Waals surface area contributed by atoms with E-state index in [-0.39, 0.29) is 6.54 Å². The minimum absolute atomic E-state index is 0.253. The van der Waals surface area contributed by atoms with Crippen molar-refractivity contribution in [3.05, 3.63) is 57.7 Å². The van der Waals surface area contributed by atoms with Crippen LogP contribution in [0.15, 0.2) is 52.1 Å². The molecule has 0 saturated carbocycles. The van der Waals surface area contributed by atoms with E-state index in [0.29, 0.717) is 23.4 Å². The van der Waals surface area contributed by atoms with Gasteiger partial charge in [-0.3, -0.25) is 4.99 Å². The highest BCUT2D eigenvalue weighted by Crippen LogP contribution is 2.26. The Kier molecular flexibility index (Phi) is 7.36. The van der Waals surface area contributed by atoms with Crippen molar-refractivity contribution in [3.63, 3.8) is 0 Å². The van der Waals surface area contributed by atoms with Gasteiger partial charge in [0.1, 0.15) is 11.9 Å². The fraction of sp³-hybridized carbons (Fsp3) is 0.353. The summed E-state index contributed by atoms with van der Waals surface area (Å²) < 4.78 is 5.96. The molecule has 130 valence electrons. The van der Waals surface area contributed by atoms with Crippen LogP contribution in [0.3, 0.4) is 0 Å². The van der Waals surface area contributed by atoms with Crippen molar-refractivity contribution in [2.45, 2.75) is 19.4 Å². The van der Waals surface area contributed by atoms with Crippen LogP contribution in [-0.2, 0) is 6.42 Å². The molecule has 0 aliphatic heterocycles. The topological polar surface area (TPSA) is 69.8 Å². The van der Waals surface area contributed by atoms with E-state index in [4.69, 9.17) is 16.0 Å². The number of aliphatic imine (C=N–C) groups is 1. The van der Waals surface area contributed by atoms with Crippen molar-refractivity contribution < 1.29 is 9.52 Å². The summed E-state index contributed by atoms with van der Waals surface area (Å²) in [7, 11) is 0. The lowest BCUT2D eigenvalue weighted by atomic mass is 10.3. The van der Waals surface area contributed by atoms with Gasteiger partial charge in [0.15, 0.2) is 5.96 Å². The van der Waals surface area contributed by atoms with Gasteiger partial charge in [-0.25, -0.2) is 0 Å². The second-order valence-electron chi connectivity index (χ2n) is 5.41. The molecule has 0 amide bonds. The predicted molar refractivity (Wildman–Crippen MR) is 99.8 cm³/mol. The quantitative estimate of drug-likeness (QED) is 0.380. The summed E-state index contributed by atoms with van der Waals surface area (Å²) in [5, 5.41) is 16.6. The molecular weight excluding hydrogens is 346 g/mol. The molecule has 7 heteroatoms. The molecule has 2 aromatic rings. The van der Waals surface area contributed by atoms with E-state index in [1.807, 2.05) is 25.1 Å². The molecule has 5 nitrogen and oxygen atoms in total. The number of rotatable bonds is 8. The van der Waals surface area contributed by atoms with Gasteiger partial charge in [-0.1, -0.05) is 23.8 Å². The van der Waals surface area contributed by atoms with Crippen LogP contribution >= 0.6 is 22.9 Å². The Morgan fingerprint density at radius 1 is 1.42 bits per heavy atom. The molecule has 0 aromatic carbocycles. The number of nitrogens with one attached hydrogen (secondary N) is 2. The van der Waals surface area contributed by atoms with Crippen LogP contribution in [0.25, 0.3) is 0 Å². The van der Waals surface area contributed by atoms with Crippen LogP contribution in [0.4, 0.5) is 0 Å². The fourth-order valence-electron chi connectivity index (χ4n) is 1.94. The molecule has 0 saturated heterocycles. The third kappa shape index (κ3) is 6.39. The maximum Gasteiger partial charge on any atom is 0.191 e. The van der Waals surface area contributed by atoms with Gasteiger partial charge in [0.2, 0.25) is 0 Å². The summed E-state index contributed by atoms with van der Waals surface area (Å²) in [6, 6.07) is 7.39. The summed E-state index contributed by atoms with van der Waals surface area (Å²) in [6.45, 7) is 7.36. The molecule has 24 heavy (non-hydrogen) atoms. The van der Waals surface area contributed by atoms with E-state index in [1.54, 1.807) is 12.3 Å². The van der Waals surface area contributed by atoms with E-state index >= 15 is 0 Å². The van der Waals surface area contributed by atoms with Crippen LogP contribution in [-0.4, -0.2) is 30.7 Å². The zero-order valence-corrected chi connectivity index (χ0v) is 15.2. The number of aliphatic hydroxyl groups excluding tert-OH is 1. The van der Waals surface area contributed by atoms with Gasteiger partial charge in [0.05, 0.1) is 17.1 Å². The van der Waals surface area contributed by atoms with Crippen LogP contribution in [0, 0.1) is 0 Å². The van der Waals surface area contributed by atoms with Gasteiger partial charge in [-0.15, -0.1) is 11.3 Å². The highest BCUT2D eigenvalue weighted by molar-refractivity contribution is 7.16. The second-order valence-corrected chi connectivity index (χ2v) is 7.16. The zero-order valence-electron chi connectivity index (χ0n) is 13.6. The lowest BCUT2D eigenvalue weighted by Crippen LogP contribution is -2.39. The van der Waals surface area contributed by atoms with Crippen molar-refractivity contribution in [1.82, 2.24) is 10.6 Å². The Morgan fingerprint density at radius 2 is 2.25 bits per heavy atom. The minimum Gasteiger partial charge on any atom is -0.469 e. The van der Waals surface area contributed by atoms with Crippen molar-refractivity contribution in [1.29, 1.82) is 0 Å². The lowest BCUT2D eigenvalue weighted by molar-refractivity contribution is 0.191. The standard InChI is InChI=1S/C17H22ClN3O2S/c1-12(2)10-20-17(19-8-7-13-4-3-9-23-13)21-11-14(22)15-5-6-16(18)24-15/h3-6,9,14,22H,1,7-8,10-11H2,2H3,(H2,19,20,21). The molecule has 0 aliphatic rings. The van der Waals surface area contributed by atoms with Gasteiger partial charge in [-0.05, 0) is 31.2 Å². The van der Waals surface area contributed by atoms with E-state index in [9.17, 15) is 5.11 Å². The number of guanidine groups is 1. The van der Waals surface area contributed by atoms with Crippen molar-refractivity contribution >= 4 is 28.9 Å². The SMILES string of the molecule is C=C(C)CNC(=NCC(O)c1ccc(Cl)s1)NCCc1ccco1. The number of furan rings is 1. The number of hydrogen-bond acceptors (Lipinski definition) is 4. The molecule has 0 aliphatic carbocycles. The molecule has 2 heterocycles. The van der Waals surface area contributed by atoms with Gasteiger partial charge < -0.3 is 20.2 Å². The first-order valence-electron chi connectivity index (χ1n) is 7.67. The monoisotopic (exact) mass is 367 g/mol. The van der Waals surface area contributed by atoms with Crippen LogP contribution in [0.1, 0.15) is 23.7 Å². The molecule has 0 radical (unpaired) electrons. The fourth-order valence-corrected chi connectivity index (χ4v) is 2.98. The first-order valence-corrected chi connectivity index (χ1v) is 8.86. The van der Waals surface area contributed by atoms with Crippen molar-refractivity contribution in [3.8, 4) is 0 Å². The summed E-state index contributed by atoms with van der Waals surface area (Å²) in [4.78, 5) is 5.24. The van der Waals surface area contributed by atoms with Crippen LogP contribution in [0.5, 0.6) is 0 Å². The average Bonchev–Trinajstić information content (AvgIpc) is 3.20. The third-order valence-electron chi connectivity index (χ3n) is 3.15. The van der Waals surface area contributed by atoms with E-state index < -0.39 is 6.10 Å². The Hall–Kier alpha value is -1.76. The molecule has 2 aromatic heterocycles. The predicted octanol–water partition coefficient (Wildman–Crippen LogP) is 3.38. The first kappa shape index (κ1) is 18.6. The third-order valence-corrected chi connectivity index (χ3v) is 4.48. The van der Waals surface area contributed by atoms with Crippen molar-refractivity contribution in [2.24, 2.45) is 4.99 Å². The largest absolute Gasteiger partial charge is 0.469 e. The van der Waals surface area contributed by atoms with E-state index in [0.717, 1.165) is 22.6 Å². The molecule has 3 N–H and O–H groups in total. The average molecular weight is 368 g/mol.